The van der Waals surface area contributed by atoms with Crippen LogP contribution in [0.15, 0.2) is 64.0 Å². The Balaban J connectivity index is 2.08. The van der Waals surface area contributed by atoms with Gasteiger partial charge in [0.15, 0.2) is 5.43 Å². The lowest BCUT2D eigenvalue weighted by atomic mass is 10.0. The summed E-state index contributed by atoms with van der Waals surface area (Å²) in [6.07, 6.45) is 1.44. The molecule has 1 heterocycles. The van der Waals surface area contributed by atoms with Crippen molar-refractivity contribution >= 4 is 16.9 Å². The fraction of sp³-hybridized carbons (Fsp3) is 0.111. The van der Waals surface area contributed by atoms with Crippen molar-refractivity contribution in [3.8, 4) is 11.1 Å². The minimum Gasteiger partial charge on any atom is -0.481 e. The molecule has 0 spiro atoms. The molecule has 22 heavy (non-hydrogen) atoms. The predicted octanol–water partition coefficient (Wildman–Crippen LogP) is 3.48. The maximum Gasteiger partial charge on any atom is 0.303 e. The molecule has 0 radical (unpaired) electrons. The molecule has 0 atom stereocenters. The molecule has 4 nitrogen and oxygen atoms in total. The van der Waals surface area contributed by atoms with Crippen LogP contribution in [0.25, 0.3) is 22.1 Å². The van der Waals surface area contributed by atoms with E-state index in [1.807, 2.05) is 36.4 Å². The summed E-state index contributed by atoms with van der Waals surface area (Å²) < 4.78 is 5.45. The van der Waals surface area contributed by atoms with Crippen LogP contribution in [0.5, 0.6) is 0 Å². The molecule has 110 valence electrons. The van der Waals surface area contributed by atoms with E-state index in [0.717, 1.165) is 11.1 Å². The zero-order chi connectivity index (χ0) is 15.5. The molecule has 0 saturated heterocycles. The maximum absolute atomic E-state index is 12.5. The Hall–Kier alpha value is -2.88. The molecule has 0 aliphatic heterocycles. The first-order valence-electron chi connectivity index (χ1n) is 6.97. The number of carbonyl (C=O) groups is 1. The highest BCUT2D eigenvalue weighted by Crippen LogP contribution is 2.23. The monoisotopic (exact) mass is 294 g/mol. The minimum atomic E-state index is -0.933. The molecule has 1 aromatic heterocycles. The number of hydrogen-bond donors (Lipinski definition) is 1. The van der Waals surface area contributed by atoms with E-state index in [0.29, 0.717) is 16.5 Å². The van der Waals surface area contributed by atoms with Crippen molar-refractivity contribution in [2.24, 2.45) is 0 Å². The zero-order valence-corrected chi connectivity index (χ0v) is 11.8. The second-order valence-corrected chi connectivity index (χ2v) is 5.06. The first-order chi connectivity index (χ1) is 10.6. The maximum atomic E-state index is 12.5. The normalized spacial score (nSPS) is 10.7. The summed E-state index contributed by atoms with van der Waals surface area (Å²) in [6, 6.07) is 15.2. The molecule has 0 fully saturated rings. The van der Waals surface area contributed by atoms with Crippen molar-refractivity contribution < 1.29 is 14.3 Å². The Labute approximate surface area is 126 Å². The summed E-state index contributed by atoms with van der Waals surface area (Å²) in [7, 11) is 0. The van der Waals surface area contributed by atoms with E-state index in [1.165, 1.54) is 6.26 Å². The van der Waals surface area contributed by atoms with Crippen LogP contribution in [0.3, 0.4) is 0 Å². The smallest absolute Gasteiger partial charge is 0.303 e. The first kappa shape index (κ1) is 14.1. The summed E-state index contributed by atoms with van der Waals surface area (Å²) in [5, 5.41) is 9.22. The molecule has 3 aromatic rings. The standard InChI is InChI=1S/C18H14O4/c19-17(20)9-7-14-11-22-16-8-6-13(10-15(16)18(14)21)12-4-2-1-3-5-12/h1-6,8,10-11H,7,9H2,(H,19,20). The third-order valence-corrected chi connectivity index (χ3v) is 3.56. The van der Waals surface area contributed by atoms with Crippen molar-refractivity contribution in [1.82, 2.24) is 0 Å². The highest BCUT2D eigenvalue weighted by Gasteiger charge is 2.10. The van der Waals surface area contributed by atoms with Crippen LogP contribution in [0.4, 0.5) is 0 Å². The first-order valence-corrected chi connectivity index (χ1v) is 6.97. The molecule has 0 bridgehead atoms. The molecule has 4 heteroatoms. The molecule has 0 saturated carbocycles. The van der Waals surface area contributed by atoms with Gasteiger partial charge in [0.05, 0.1) is 11.6 Å². The van der Waals surface area contributed by atoms with Crippen molar-refractivity contribution in [3.63, 3.8) is 0 Å². The van der Waals surface area contributed by atoms with Crippen molar-refractivity contribution in [2.45, 2.75) is 12.8 Å². The second kappa shape index (κ2) is 5.85. The van der Waals surface area contributed by atoms with Gasteiger partial charge in [-0.25, -0.2) is 0 Å². The fourth-order valence-electron chi connectivity index (χ4n) is 2.40. The minimum absolute atomic E-state index is 0.0886. The Morgan fingerprint density at radius 1 is 1.05 bits per heavy atom. The molecular weight excluding hydrogens is 280 g/mol. The SMILES string of the molecule is O=C(O)CCc1coc2ccc(-c3ccccc3)cc2c1=O. The molecule has 0 aliphatic carbocycles. The number of carboxylic acids is 1. The van der Waals surface area contributed by atoms with Gasteiger partial charge >= 0.3 is 5.97 Å². The third kappa shape index (κ3) is 2.76. The highest BCUT2D eigenvalue weighted by atomic mass is 16.4. The van der Waals surface area contributed by atoms with Gasteiger partial charge in [-0.1, -0.05) is 36.4 Å². The second-order valence-electron chi connectivity index (χ2n) is 5.06. The van der Waals surface area contributed by atoms with E-state index in [9.17, 15) is 9.59 Å². The Kier molecular flexibility index (Phi) is 3.74. The molecule has 0 aliphatic rings. The van der Waals surface area contributed by atoms with Gasteiger partial charge in [0.2, 0.25) is 0 Å². The lowest BCUT2D eigenvalue weighted by Gasteiger charge is -2.05. The molecule has 0 amide bonds. The summed E-state index contributed by atoms with van der Waals surface area (Å²) in [4.78, 5) is 23.1. The number of aliphatic carboxylic acids is 1. The number of benzene rings is 2. The third-order valence-electron chi connectivity index (χ3n) is 3.56. The Morgan fingerprint density at radius 2 is 1.82 bits per heavy atom. The lowest BCUT2D eigenvalue weighted by molar-refractivity contribution is -0.136. The van der Waals surface area contributed by atoms with Crippen LogP contribution in [0.1, 0.15) is 12.0 Å². The molecule has 1 N–H and O–H groups in total. The van der Waals surface area contributed by atoms with Gasteiger partial charge < -0.3 is 9.52 Å². The van der Waals surface area contributed by atoms with Crippen LogP contribution < -0.4 is 5.43 Å². The van der Waals surface area contributed by atoms with Gasteiger partial charge in [-0.05, 0) is 29.7 Å². The summed E-state index contributed by atoms with van der Waals surface area (Å²) >= 11 is 0. The van der Waals surface area contributed by atoms with Gasteiger partial charge in [-0.2, -0.15) is 0 Å². The van der Waals surface area contributed by atoms with Crippen molar-refractivity contribution in [3.05, 3.63) is 70.6 Å². The van der Waals surface area contributed by atoms with Gasteiger partial charge in [-0.15, -0.1) is 0 Å². The predicted molar refractivity (Wildman–Crippen MR) is 83.9 cm³/mol. The molecule has 2 aromatic carbocycles. The van der Waals surface area contributed by atoms with E-state index >= 15 is 0 Å². The van der Waals surface area contributed by atoms with Gasteiger partial charge in [-0.3, -0.25) is 9.59 Å². The molecule has 3 rings (SSSR count). The number of carboxylic acid groups (broad SMARTS) is 1. The Bertz CT molecular complexity index is 878. The highest BCUT2D eigenvalue weighted by molar-refractivity contribution is 5.83. The van der Waals surface area contributed by atoms with Gasteiger partial charge in [0.1, 0.15) is 5.58 Å². The van der Waals surface area contributed by atoms with Crippen LogP contribution in [-0.2, 0) is 11.2 Å². The van der Waals surface area contributed by atoms with Crippen molar-refractivity contribution in [1.29, 1.82) is 0 Å². The zero-order valence-electron chi connectivity index (χ0n) is 11.8. The van der Waals surface area contributed by atoms with E-state index < -0.39 is 5.97 Å². The van der Waals surface area contributed by atoms with Crippen LogP contribution in [0, 0.1) is 0 Å². The fourth-order valence-corrected chi connectivity index (χ4v) is 2.40. The average molecular weight is 294 g/mol. The quantitative estimate of drug-likeness (QED) is 0.800. The largest absolute Gasteiger partial charge is 0.481 e. The average Bonchev–Trinajstić information content (AvgIpc) is 2.55. The van der Waals surface area contributed by atoms with Gasteiger partial charge in [0.25, 0.3) is 0 Å². The molecule has 0 unspecified atom stereocenters. The van der Waals surface area contributed by atoms with E-state index in [1.54, 1.807) is 12.1 Å². The number of hydrogen-bond acceptors (Lipinski definition) is 3. The van der Waals surface area contributed by atoms with Gasteiger partial charge in [0, 0.05) is 12.0 Å². The Morgan fingerprint density at radius 3 is 2.55 bits per heavy atom. The number of aryl methyl sites for hydroxylation is 1. The molecular formula is C18H14O4. The van der Waals surface area contributed by atoms with E-state index in [-0.39, 0.29) is 18.3 Å². The number of rotatable bonds is 4. The van der Waals surface area contributed by atoms with Crippen LogP contribution in [-0.4, -0.2) is 11.1 Å². The topological polar surface area (TPSA) is 67.5 Å². The van der Waals surface area contributed by atoms with Crippen LogP contribution >= 0.6 is 0 Å². The summed E-state index contributed by atoms with van der Waals surface area (Å²) in [6.45, 7) is 0. The summed E-state index contributed by atoms with van der Waals surface area (Å²) in [5.41, 5.74) is 2.67. The number of fused-ring (bicyclic) bond motifs is 1. The van der Waals surface area contributed by atoms with Crippen LogP contribution in [0.2, 0.25) is 0 Å². The van der Waals surface area contributed by atoms with E-state index in [4.69, 9.17) is 9.52 Å². The lowest BCUT2D eigenvalue weighted by Crippen LogP contribution is -2.10. The summed E-state index contributed by atoms with van der Waals surface area (Å²) in [5.74, 6) is -0.933. The van der Waals surface area contributed by atoms with Crippen molar-refractivity contribution in [2.75, 3.05) is 0 Å². The van der Waals surface area contributed by atoms with E-state index in [2.05, 4.69) is 0 Å².